The molecule has 0 aromatic carbocycles. The summed E-state index contributed by atoms with van der Waals surface area (Å²) >= 11 is 0. The Labute approximate surface area is 104 Å². The first-order valence-corrected chi connectivity index (χ1v) is 8.42. The molecule has 0 heterocycles. The maximum Gasteiger partial charge on any atom is 0.333 e. The van der Waals surface area contributed by atoms with Crippen LogP contribution in [-0.2, 0) is 18.8 Å². The minimum absolute atomic E-state index is 0.0545. The maximum atomic E-state index is 11.5. The number of carbonyl (C=O) groups is 2. The van der Waals surface area contributed by atoms with Gasteiger partial charge in [-0.3, -0.25) is 0 Å². The minimum atomic E-state index is -2.13. The Hall–Kier alpha value is -1.10. The fourth-order valence-corrected chi connectivity index (χ4v) is 1.65. The van der Waals surface area contributed by atoms with Crippen molar-refractivity contribution in [2.45, 2.75) is 45.8 Å². The van der Waals surface area contributed by atoms with E-state index in [1.165, 1.54) is 6.92 Å². The van der Waals surface area contributed by atoms with Crippen LogP contribution >= 0.6 is 0 Å². The molecule has 0 aromatic heterocycles. The van der Waals surface area contributed by atoms with Gasteiger partial charge in [0.2, 0.25) is 0 Å². The van der Waals surface area contributed by atoms with Crippen LogP contribution in [0.4, 0.5) is 0 Å². The van der Waals surface area contributed by atoms with E-state index in [-0.39, 0.29) is 17.2 Å². The van der Waals surface area contributed by atoms with Crippen LogP contribution in [0.15, 0.2) is 12.2 Å². The van der Waals surface area contributed by atoms with Gasteiger partial charge in [0.1, 0.15) is 0 Å². The minimum Gasteiger partial charge on any atom is -0.517 e. The number of esters is 1. The van der Waals surface area contributed by atoms with Gasteiger partial charge in [0, 0.05) is 5.57 Å². The van der Waals surface area contributed by atoms with Crippen LogP contribution < -0.4 is 0 Å². The Kier molecular flexibility index (Phi) is 5.13. The van der Waals surface area contributed by atoms with Gasteiger partial charge in [0.15, 0.2) is 6.61 Å². The predicted molar refractivity (Wildman–Crippen MR) is 69.1 cm³/mol. The predicted octanol–water partition coefficient (Wildman–Crippen LogP) is 2.65. The zero-order valence-electron chi connectivity index (χ0n) is 11.5. The molecule has 0 atom stereocenters. The molecule has 17 heavy (non-hydrogen) atoms. The van der Waals surface area contributed by atoms with Crippen molar-refractivity contribution in [3.63, 3.8) is 0 Å². The van der Waals surface area contributed by atoms with Gasteiger partial charge in [-0.15, -0.1) is 0 Å². The Bertz CT molecular complexity index is 326. The molecule has 0 amide bonds. The van der Waals surface area contributed by atoms with Gasteiger partial charge in [-0.05, 0) is 25.1 Å². The van der Waals surface area contributed by atoms with Crippen LogP contribution in [0.3, 0.4) is 0 Å². The molecule has 4 nitrogen and oxygen atoms in total. The Morgan fingerprint density at radius 3 is 2.06 bits per heavy atom. The summed E-state index contributed by atoms with van der Waals surface area (Å²) in [6, 6.07) is 0. The number of hydrogen-bond donors (Lipinski definition) is 0. The van der Waals surface area contributed by atoms with Gasteiger partial charge < -0.3 is 9.16 Å². The number of carbonyl (C=O) groups excluding carboxylic acids is 2. The van der Waals surface area contributed by atoms with E-state index in [2.05, 4.69) is 6.58 Å². The molecule has 0 aliphatic carbocycles. The normalized spacial score (nSPS) is 11.9. The third-order valence-corrected chi connectivity index (χ3v) is 7.20. The summed E-state index contributed by atoms with van der Waals surface area (Å²) in [5.74, 6) is -1.07. The summed E-state index contributed by atoms with van der Waals surface area (Å²) in [5.41, 5.74) is 0.269. The quantitative estimate of drug-likeness (QED) is 0.442. The fraction of sp³-hybridized carbons (Fsp3) is 0.667. The highest BCUT2D eigenvalue weighted by Gasteiger charge is 2.40. The lowest BCUT2D eigenvalue weighted by Gasteiger charge is -2.35. The lowest BCUT2D eigenvalue weighted by Crippen LogP contribution is -2.43. The van der Waals surface area contributed by atoms with E-state index in [9.17, 15) is 9.59 Å². The van der Waals surface area contributed by atoms with Gasteiger partial charge in [0.05, 0.1) is 0 Å². The van der Waals surface area contributed by atoms with E-state index < -0.39 is 20.3 Å². The van der Waals surface area contributed by atoms with Crippen molar-refractivity contribution < 1.29 is 18.8 Å². The Morgan fingerprint density at radius 1 is 1.24 bits per heavy atom. The van der Waals surface area contributed by atoms with E-state index in [0.717, 1.165) is 0 Å². The van der Waals surface area contributed by atoms with Gasteiger partial charge in [-0.25, -0.2) is 9.59 Å². The molecule has 0 fully saturated rings. The summed E-state index contributed by atoms with van der Waals surface area (Å²) < 4.78 is 10.2. The van der Waals surface area contributed by atoms with Crippen molar-refractivity contribution in [1.29, 1.82) is 0 Å². The van der Waals surface area contributed by atoms with Crippen molar-refractivity contribution in [1.82, 2.24) is 0 Å². The molecule has 0 saturated heterocycles. The molecule has 0 bridgehead atoms. The molecule has 0 spiro atoms. The summed E-state index contributed by atoms with van der Waals surface area (Å²) in [5, 5.41) is -0.0545. The first-order chi connectivity index (χ1) is 7.47. The molecule has 0 saturated carbocycles. The number of rotatable bonds is 4. The van der Waals surface area contributed by atoms with Gasteiger partial charge in [0.25, 0.3) is 8.32 Å². The highest BCUT2D eigenvalue weighted by atomic mass is 28.4. The summed E-state index contributed by atoms with van der Waals surface area (Å²) in [4.78, 5) is 22.6. The van der Waals surface area contributed by atoms with Crippen molar-refractivity contribution in [2.24, 2.45) is 0 Å². The molecular weight excluding hydrogens is 236 g/mol. The summed E-state index contributed by atoms with van der Waals surface area (Å²) in [6.45, 7) is 14.6. The Balaban J connectivity index is 4.29. The van der Waals surface area contributed by atoms with Crippen molar-refractivity contribution >= 4 is 20.3 Å². The topological polar surface area (TPSA) is 52.6 Å². The van der Waals surface area contributed by atoms with Crippen LogP contribution in [0.1, 0.15) is 27.7 Å². The second kappa shape index (κ2) is 5.49. The van der Waals surface area contributed by atoms with Crippen molar-refractivity contribution in [3.05, 3.63) is 12.2 Å². The SMILES string of the molecule is C=C(C)C(=O)OCC(=O)O[Si](C)(C)C(C)(C)C. The molecule has 0 rings (SSSR count). The van der Waals surface area contributed by atoms with Crippen molar-refractivity contribution in [3.8, 4) is 0 Å². The average Bonchev–Trinajstić information content (AvgIpc) is 2.11. The average molecular weight is 258 g/mol. The smallest absolute Gasteiger partial charge is 0.333 e. The molecule has 0 N–H and O–H groups in total. The molecule has 0 radical (unpaired) electrons. The second-order valence-electron chi connectivity index (χ2n) is 5.59. The lowest BCUT2D eigenvalue weighted by atomic mass is 10.2. The number of hydrogen-bond acceptors (Lipinski definition) is 4. The van der Waals surface area contributed by atoms with Gasteiger partial charge in [-0.1, -0.05) is 27.4 Å². The van der Waals surface area contributed by atoms with Crippen LogP contribution in [0.5, 0.6) is 0 Å². The maximum absolute atomic E-state index is 11.5. The first-order valence-electron chi connectivity index (χ1n) is 5.52. The zero-order valence-corrected chi connectivity index (χ0v) is 12.5. The molecule has 5 heteroatoms. The third-order valence-electron chi connectivity index (χ3n) is 2.84. The van der Waals surface area contributed by atoms with E-state index in [1.54, 1.807) is 0 Å². The van der Waals surface area contributed by atoms with Gasteiger partial charge in [-0.2, -0.15) is 0 Å². The van der Waals surface area contributed by atoms with Crippen LogP contribution in [-0.4, -0.2) is 26.9 Å². The monoisotopic (exact) mass is 258 g/mol. The lowest BCUT2D eigenvalue weighted by molar-refractivity contribution is -0.151. The van der Waals surface area contributed by atoms with Crippen LogP contribution in [0.25, 0.3) is 0 Å². The molecule has 0 unspecified atom stereocenters. The highest BCUT2D eigenvalue weighted by Crippen LogP contribution is 2.36. The zero-order chi connectivity index (χ0) is 13.9. The van der Waals surface area contributed by atoms with E-state index in [1.807, 2.05) is 33.9 Å². The third kappa shape index (κ3) is 5.17. The molecule has 0 aliphatic rings. The van der Waals surface area contributed by atoms with E-state index in [4.69, 9.17) is 9.16 Å². The fourth-order valence-electron chi connectivity index (χ4n) is 0.715. The highest BCUT2D eigenvalue weighted by molar-refractivity contribution is 6.75. The summed E-state index contributed by atoms with van der Waals surface area (Å²) in [6.07, 6.45) is 0. The van der Waals surface area contributed by atoms with Crippen LogP contribution in [0, 0.1) is 0 Å². The standard InChI is InChI=1S/C12H22O4Si/c1-9(2)11(14)15-8-10(13)16-17(6,7)12(3,4)5/h1,8H2,2-7H3. The first kappa shape index (κ1) is 15.9. The molecule has 0 aromatic rings. The molecule has 98 valence electrons. The second-order valence-corrected chi connectivity index (χ2v) is 10.3. The summed E-state index contributed by atoms with van der Waals surface area (Å²) in [7, 11) is -2.13. The molecular formula is C12H22O4Si. The van der Waals surface area contributed by atoms with Crippen LogP contribution in [0.2, 0.25) is 18.1 Å². The largest absolute Gasteiger partial charge is 0.517 e. The van der Waals surface area contributed by atoms with E-state index >= 15 is 0 Å². The number of ether oxygens (including phenoxy) is 1. The van der Waals surface area contributed by atoms with Gasteiger partial charge >= 0.3 is 11.9 Å². The Morgan fingerprint density at radius 2 is 1.71 bits per heavy atom. The van der Waals surface area contributed by atoms with Crippen molar-refractivity contribution in [2.75, 3.05) is 6.61 Å². The van der Waals surface area contributed by atoms with E-state index in [0.29, 0.717) is 0 Å². The molecule has 0 aliphatic heterocycles.